The lowest BCUT2D eigenvalue weighted by Gasteiger charge is -2.46. The number of rotatable bonds is 3. The van der Waals surface area contributed by atoms with Crippen LogP contribution in [0.2, 0.25) is 0 Å². The van der Waals surface area contributed by atoms with Gasteiger partial charge in [-0.25, -0.2) is 0 Å². The van der Waals surface area contributed by atoms with Gasteiger partial charge in [0.15, 0.2) is 4.87 Å². The second kappa shape index (κ2) is 4.72. The van der Waals surface area contributed by atoms with Crippen LogP contribution in [0.4, 0.5) is 0 Å². The van der Waals surface area contributed by atoms with Crippen LogP contribution in [0.3, 0.4) is 0 Å². The smallest absolute Gasteiger partial charge is 0.260 e. The third kappa shape index (κ3) is 1.95. The Balaban J connectivity index is 2.26. The molecular weight excluding hydrogens is 256 g/mol. The van der Waals surface area contributed by atoms with Gasteiger partial charge in [0.05, 0.1) is 0 Å². The van der Waals surface area contributed by atoms with Crippen LogP contribution in [0.1, 0.15) is 26.7 Å². The van der Waals surface area contributed by atoms with E-state index in [1.54, 1.807) is 27.6 Å². The number of amides is 2. The minimum atomic E-state index is -0.737. The maximum absolute atomic E-state index is 12.5. The standard InChI is InChI=1S/C11H18N2O2S2/c1-4-16-17-11(2)10(15)13-7-5-6-8(13)9(14)12(11)3/h8H,4-7H2,1-3H3/t8-,11-/m1/s1. The minimum Gasteiger partial charge on any atom is -0.328 e. The second-order valence-corrected chi connectivity index (χ2v) is 7.51. The van der Waals surface area contributed by atoms with E-state index in [2.05, 4.69) is 6.92 Å². The zero-order valence-electron chi connectivity index (χ0n) is 10.4. The molecule has 0 aromatic heterocycles. The Bertz CT molecular complexity index is 350. The van der Waals surface area contributed by atoms with Crippen LogP contribution in [-0.4, -0.2) is 51.9 Å². The highest BCUT2D eigenvalue weighted by atomic mass is 33.1. The summed E-state index contributed by atoms with van der Waals surface area (Å²) >= 11 is 0. The Morgan fingerprint density at radius 3 is 2.82 bits per heavy atom. The lowest BCUT2D eigenvalue weighted by atomic mass is 10.1. The van der Waals surface area contributed by atoms with Crippen LogP contribution < -0.4 is 0 Å². The van der Waals surface area contributed by atoms with Gasteiger partial charge in [0.25, 0.3) is 5.91 Å². The van der Waals surface area contributed by atoms with Crippen molar-refractivity contribution < 1.29 is 9.59 Å². The Hall–Kier alpha value is -0.360. The van der Waals surface area contributed by atoms with E-state index >= 15 is 0 Å². The molecule has 2 heterocycles. The van der Waals surface area contributed by atoms with Crippen LogP contribution in [-0.2, 0) is 9.59 Å². The summed E-state index contributed by atoms with van der Waals surface area (Å²) in [5, 5.41) is 0. The van der Waals surface area contributed by atoms with Gasteiger partial charge in [0, 0.05) is 19.3 Å². The second-order valence-electron chi connectivity index (χ2n) is 4.53. The van der Waals surface area contributed by atoms with Crippen molar-refractivity contribution in [2.45, 2.75) is 37.6 Å². The summed E-state index contributed by atoms with van der Waals surface area (Å²) in [6, 6.07) is -0.201. The lowest BCUT2D eigenvalue weighted by molar-refractivity contribution is -0.159. The monoisotopic (exact) mass is 274 g/mol. The van der Waals surface area contributed by atoms with Crippen LogP contribution in [0.25, 0.3) is 0 Å². The molecule has 0 N–H and O–H groups in total. The van der Waals surface area contributed by atoms with Gasteiger partial charge in [-0.05, 0) is 19.8 Å². The largest absolute Gasteiger partial charge is 0.328 e. The number of carbonyl (C=O) groups excluding carboxylic acids is 2. The maximum atomic E-state index is 12.5. The molecule has 4 nitrogen and oxygen atoms in total. The molecule has 0 aliphatic carbocycles. The molecule has 0 spiro atoms. The van der Waals surface area contributed by atoms with Crippen molar-refractivity contribution >= 4 is 33.4 Å². The van der Waals surface area contributed by atoms with Gasteiger partial charge >= 0.3 is 0 Å². The molecular formula is C11H18N2O2S2. The fourth-order valence-corrected chi connectivity index (χ4v) is 4.70. The first-order valence-electron chi connectivity index (χ1n) is 5.91. The molecule has 2 rings (SSSR count). The van der Waals surface area contributed by atoms with E-state index in [9.17, 15) is 9.59 Å². The number of piperazine rings is 1. The fraction of sp³-hybridized carbons (Fsp3) is 0.818. The third-order valence-corrected chi connectivity index (χ3v) is 6.67. The van der Waals surface area contributed by atoms with Crippen molar-refractivity contribution in [3.8, 4) is 0 Å². The molecule has 2 aliphatic heterocycles. The molecule has 2 atom stereocenters. The molecule has 17 heavy (non-hydrogen) atoms. The van der Waals surface area contributed by atoms with Gasteiger partial charge in [0.2, 0.25) is 5.91 Å². The molecule has 2 fully saturated rings. The molecule has 6 heteroatoms. The van der Waals surface area contributed by atoms with Crippen molar-refractivity contribution in [1.29, 1.82) is 0 Å². The van der Waals surface area contributed by atoms with Gasteiger partial charge in [-0.2, -0.15) is 0 Å². The molecule has 0 aromatic rings. The summed E-state index contributed by atoms with van der Waals surface area (Å²) in [6.45, 7) is 4.64. The van der Waals surface area contributed by atoms with Crippen LogP contribution in [0.5, 0.6) is 0 Å². The van der Waals surface area contributed by atoms with Gasteiger partial charge in [0.1, 0.15) is 6.04 Å². The Morgan fingerprint density at radius 2 is 2.18 bits per heavy atom. The predicted molar refractivity (Wildman–Crippen MR) is 71.6 cm³/mol. The minimum absolute atomic E-state index is 0.0908. The quantitative estimate of drug-likeness (QED) is 0.733. The van der Waals surface area contributed by atoms with Crippen molar-refractivity contribution in [3.05, 3.63) is 0 Å². The first-order valence-corrected chi connectivity index (χ1v) is 8.23. The summed E-state index contributed by atoms with van der Waals surface area (Å²) < 4.78 is 0. The van der Waals surface area contributed by atoms with E-state index in [4.69, 9.17) is 0 Å². The Kier molecular flexibility index (Phi) is 3.63. The predicted octanol–water partition coefficient (Wildman–Crippen LogP) is 1.57. The number of hydrogen-bond acceptors (Lipinski definition) is 4. The first kappa shape index (κ1) is 13.1. The normalized spacial score (nSPS) is 33.2. The number of nitrogens with zero attached hydrogens (tertiary/aromatic N) is 2. The lowest BCUT2D eigenvalue weighted by Crippen LogP contribution is -2.66. The van der Waals surface area contributed by atoms with E-state index in [1.807, 2.05) is 6.92 Å². The molecule has 0 bridgehead atoms. The van der Waals surface area contributed by atoms with E-state index in [1.165, 1.54) is 10.8 Å². The highest BCUT2D eigenvalue weighted by Crippen LogP contribution is 2.43. The van der Waals surface area contributed by atoms with E-state index in [-0.39, 0.29) is 17.9 Å². The fourth-order valence-electron chi connectivity index (χ4n) is 2.38. The average Bonchev–Trinajstić information content (AvgIpc) is 2.80. The van der Waals surface area contributed by atoms with E-state index < -0.39 is 4.87 Å². The van der Waals surface area contributed by atoms with Crippen LogP contribution in [0, 0.1) is 0 Å². The topological polar surface area (TPSA) is 40.6 Å². The highest BCUT2D eigenvalue weighted by Gasteiger charge is 2.53. The van der Waals surface area contributed by atoms with E-state index in [0.29, 0.717) is 0 Å². The Labute approximate surface area is 110 Å². The molecule has 2 amide bonds. The summed E-state index contributed by atoms with van der Waals surface area (Å²) in [5.41, 5.74) is 0. The van der Waals surface area contributed by atoms with E-state index in [0.717, 1.165) is 25.1 Å². The zero-order valence-corrected chi connectivity index (χ0v) is 12.1. The molecule has 0 unspecified atom stereocenters. The third-order valence-electron chi connectivity index (χ3n) is 3.51. The molecule has 2 saturated heterocycles. The average molecular weight is 274 g/mol. The number of fused-ring (bicyclic) bond motifs is 1. The summed E-state index contributed by atoms with van der Waals surface area (Å²) in [7, 11) is 4.88. The zero-order chi connectivity index (χ0) is 12.6. The number of carbonyl (C=O) groups is 2. The molecule has 2 aliphatic rings. The number of hydrogen-bond donors (Lipinski definition) is 0. The summed E-state index contributed by atoms with van der Waals surface area (Å²) in [5.74, 6) is 1.11. The SMILES string of the molecule is CCSS[C@]1(C)C(=O)N2CCC[C@@H]2C(=O)N1C. The van der Waals surface area contributed by atoms with Crippen molar-refractivity contribution in [1.82, 2.24) is 9.80 Å². The molecule has 0 saturated carbocycles. The number of likely N-dealkylation sites (N-methyl/N-ethyl adjacent to an activating group) is 1. The van der Waals surface area contributed by atoms with Gasteiger partial charge in [-0.1, -0.05) is 28.5 Å². The summed E-state index contributed by atoms with van der Waals surface area (Å²) in [6.07, 6.45) is 1.76. The van der Waals surface area contributed by atoms with Crippen LogP contribution in [0.15, 0.2) is 0 Å². The maximum Gasteiger partial charge on any atom is 0.260 e. The van der Waals surface area contributed by atoms with Gasteiger partial charge in [-0.15, -0.1) is 0 Å². The van der Waals surface area contributed by atoms with Crippen molar-refractivity contribution in [2.24, 2.45) is 0 Å². The first-order chi connectivity index (χ1) is 8.02. The van der Waals surface area contributed by atoms with Gasteiger partial charge < -0.3 is 9.80 Å². The molecule has 0 aromatic carbocycles. The molecule has 0 radical (unpaired) electrons. The highest BCUT2D eigenvalue weighted by molar-refractivity contribution is 8.77. The van der Waals surface area contributed by atoms with Crippen LogP contribution >= 0.6 is 21.6 Å². The molecule has 96 valence electrons. The van der Waals surface area contributed by atoms with Crippen molar-refractivity contribution in [3.63, 3.8) is 0 Å². The van der Waals surface area contributed by atoms with Gasteiger partial charge in [-0.3, -0.25) is 9.59 Å². The van der Waals surface area contributed by atoms with Crippen molar-refractivity contribution in [2.75, 3.05) is 19.3 Å². The Morgan fingerprint density at radius 1 is 1.47 bits per heavy atom. The summed E-state index contributed by atoms with van der Waals surface area (Å²) in [4.78, 5) is 27.4.